The molecule has 0 bridgehead atoms. The predicted octanol–water partition coefficient (Wildman–Crippen LogP) is 4.55. The Labute approximate surface area is 152 Å². The van der Waals surface area contributed by atoms with Crippen LogP contribution in [0.25, 0.3) is 0 Å². The van der Waals surface area contributed by atoms with Gasteiger partial charge in [-0.1, -0.05) is 0 Å². The molecule has 0 spiro atoms. The van der Waals surface area contributed by atoms with E-state index >= 15 is 0 Å². The molecule has 0 aliphatic heterocycles. The van der Waals surface area contributed by atoms with E-state index in [2.05, 4.69) is 4.99 Å². The molecule has 138 valence electrons. The molecule has 0 radical (unpaired) electrons. The van der Waals surface area contributed by atoms with E-state index in [0.29, 0.717) is 5.56 Å². The van der Waals surface area contributed by atoms with Crippen molar-refractivity contribution in [1.82, 2.24) is 4.90 Å². The van der Waals surface area contributed by atoms with Crippen LogP contribution >= 0.6 is 0 Å². The number of carbonyl (C=O) groups excluding carboxylic acids is 1. The second kappa shape index (κ2) is 8.56. The fraction of sp³-hybridized carbons (Fsp3) is 0.300. The van der Waals surface area contributed by atoms with Crippen molar-refractivity contribution in [3.63, 3.8) is 0 Å². The maximum Gasteiger partial charge on any atom is 0.338 e. The Balaban J connectivity index is 2.14. The third-order valence-electron chi connectivity index (χ3n) is 4.16. The first-order chi connectivity index (χ1) is 12.3. The van der Waals surface area contributed by atoms with Crippen LogP contribution in [0.15, 0.2) is 35.3 Å². The van der Waals surface area contributed by atoms with Gasteiger partial charge in [0.15, 0.2) is 0 Å². The van der Waals surface area contributed by atoms with Gasteiger partial charge in [0.05, 0.1) is 17.6 Å². The summed E-state index contributed by atoms with van der Waals surface area (Å²) in [5.74, 6) is -1.96. The number of ether oxygens (including phenoxy) is 1. The van der Waals surface area contributed by atoms with Crippen LogP contribution in [0.4, 0.5) is 14.5 Å². The second-order valence-corrected chi connectivity index (χ2v) is 6.05. The van der Waals surface area contributed by atoms with Crippen molar-refractivity contribution in [2.75, 3.05) is 13.6 Å². The van der Waals surface area contributed by atoms with Gasteiger partial charge < -0.3 is 9.64 Å². The van der Waals surface area contributed by atoms with Crippen LogP contribution < -0.4 is 0 Å². The van der Waals surface area contributed by atoms with E-state index in [4.69, 9.17) is 4.74 Å². The molecule has 0 N–H and O–H groups in total. The van der Waals surface area contributed by atoms with Gasteiger partial charge in [0.25, 0.3) is 0 Å². The van der Waals surface area contributed by atoms with Gasteiger partial charge in [0.1, 0.15) is 18.2 Å². The Bertz CT molecular complexity index is 815. The van der Waals surface area contributed by atoms with E-state index in [1.807, 2.05) is 32.7 Å². The topological polar surface area (TPSA) is 41.9 Å². The van der Waals surface area contributed by atoms with E-state index in [-0.39, 0.29) is 12.2 Å². The molecule has 6 heteroatoms. The maximum absolute atomic E-state index is 13.2. The van der Waals surface area contributed by atoms with E-state index in [9.17, 15) is 13.6 Å². The van der Waals surface area contributed by atoms with Crippen LogP contribution in [-0.4, -0.2) is 30.8 Å². The maximum atomic E-state index is 13.2. The minimum atomic E-state index is -0.706. The molecule has 0 amide bonds. The molecule has 0 aromatic heterocycles. The molecule has 0 aliphatic rings. The molecule has 0 saturated carbocycles. The van der Waals surface area contributed by atoms with Crippen molar-refractivity contribution in [3.05, 3.63) is 64.2 Å². The highest BCUT2D eigenvalue weighted by molar-refractivity contribution is 5.92. The summed E-state index contributed by atoms with van der Waals surface area (Å²) in [7, 11) is 1.92. The zero-order valence-corrected chi connectivity index (χ0v) is 15.3. The van der Waals surface area contributed by atoms with Crippen molar-refractivity contribution in [2.45, 2.75) is 27.4 Å². The lowest BCUT2D eigenvalue weighted by molar-refractivity contribution is 0.0471. The van der Waals surface area contributed by atoms with Crippen molar-refractivity contribution < 1.29 is 18.3 Å². The summed E-state index contributed by atoms with van der Waals surface area (Å²) in [5.41, 5.74) is 3.06. The lowest BCUT2D eigenvalue weighted by Gasteiger charge is -2.12. The molecule has 0 heterocycles. The lowest BCUT2D eigenvalue weighted by atomic mass is 10.0. The molecular formula is C20H22F2N2O2. The van der Waals surface area contributed by atoms with Gasteiger partial charge in [-0.2, -0.15) is 0 Å². The highest BCUT2D eigenvalue weighted by Gasteiger charge is 2.14. The van der Waals surface area contributed by atoms with Crippen LogP contribution in [0.5, 0.6) is 0 Å². The van der Waals surface area contributed by atoms with Crippen molar-refractivity contribution in [2.24, 2.45) is 4.99 Å². The Kier molecular flexibility index (Phi) is 6.44. The fourth-order valence-corrected chi connectivity index (χ4v) is 2.33. The number of carbonyl (C=O) groups is 1. The highest BCUT2D eigenvalue weighted by Crippen LogP contribution is 2.25. The smallest absolute Gasteiger partial charge is 0.338 e. The summed E-state index contributed by atoms with van der Waals surface area (Å²) >= 11 is 0. The van der Waals surface area contributed by atoms with Gasteiger partial charge in [-0.25, -0.2) is 18.6 Å². The first kappa shape index (κ1) is 19.6. The number of aliphatic imine (C=N–C) groups is 1. The Morgan fingerprint density at radius 3 is 2.42 bits per heavy atom. The quantitative estimate of drug-likeness (QED) is 0.431. The average Bonchev–Trinajstić information content (AvgIpc) is 2.59. The SMILES string of the molecule is CCN(C)/C=N/c1ccc(C(=O)OCc2cc(F)cc(F)c2)c(C)c1C. The minimum Gasteiger partial charge on any atom is -0.457 e. The monoisotopic (exact) mass is 360 g/mol. The molecule has 4 nitrogen and oxygen atoms in total. The normalized spacial score (nSPS) is 11.0. The number of hydrogen-bond donors (Lipinski definition) is 0. The molecule has 2 rings (SSSR count). The van der Waals surface area contributed by atoms with Gasteiger partial charge in [-0.3, -0.25) is 0 Å². The van der Waals surface area contributed by atoms with E-state index in [1.165, 1.54) is 0 Å². The second-order valence-electron chi connectivity index (χ2n) is 6.05. The molecule has 0 atom stereocenters. The number of halogens is 2. The highest BCUT2D eigenvalue weighted by atomic mass is 19.1. The van der Waals surface area contributed by atoms with Gasteiger partial charge in [-0.15, -0.1) is 0 Å². The average molecular weight is 360 g/mol. The van der Waals surface area contributed by atoms with Crippen molar-refractivity contribution >= 4 is 18.0 Å². The van der Waals surface area contributed by atoms with Gasteiger partial charge in [-0.05, 0) is 61.7 Å². The number of esters is 1. The van der Waals surface area contributed by atoms with E-state index in [1.54, 1.807) is 18.5 Å². The van der Waals surface area contributed by atoms with Crippen molar-refractivity contribution in [1.29, 1.82) is 0 Å². The molecule has 0 aliphatic carbocycles. The minimum absolute atomic E-state index is 0.201. The summed E-state index contributed by atoms with van der Waals surface area (Å²) < 4.78 is 31.6. The molecule has 2 aromatic rings. The van der Waals surface area contributed by atoms with Crippen LogP contribution in [0.3, 0.4) is 0 Å². The Morgan fingerprint density at radius 1 is 1.15 bits per heavy atom. The zero-order valence-electron chi connectivity index (χ0n) is 15.3. The summed E-state index contributed by atoms with van der Waals surface area (Å²) in [4.78, 5) is 18.7. The molecular weight excluding hydrogens is 338 g/mol. The lowest BCUT2D eigenvalue weighted by Crippen LogP contribution is -2.14. The largest absolute Gasteiger partial charge is 0.457 e. The summed E-state index contributed by atoms with van der Waals surface area (Å²) in [6.45, 7) is 6.36. The number of hydrogen-bond acceptors (Lipinski definition) is 3. The zero-order chi connectivity index (χ0) is 19.3. The summed E-state index contributed by atoms with van der Waals surface area (Å²) in [6, 6.07) is 6.44. The summed E-state index contributed by atoms with van der Waals surface area (Å²) in [5, 5.41) is 0. The molecule has 0 fully saturated rings. The van der Waals surface area contributed by atoms with Gasteiger partial charge >= 0.3 is 5.97 Å². The first-order valence-corrected chi connectivity index (χ1v) is 8.28. The summed E-state index contributed by atoms with van der Waals surface area (Å²) in [6.07, 6.45) is 1.73. The van der Waals surface area contributed by atoms with Crippen molar-refractivity contribution in [3.8, 4) is 0 Å². The molecule has 0 unspecified atom stereocenters. The molecule has 2 aromatic carbocycles. The van der Waals surface area contributed by atoms with Crippen LogP contribution in [0.1, 0.15) is 34.0 Å². The number of rotatable bonds is 6. The Morgan fingerprint density at radius 2 is 1.81 bits per heavy atom. The van der Waals surface area contributed by atoms with Crippen LogP contribution in [0.2, 0.25) is 0 Å². The fourth-order valence-electron chi connectivity index (χ4n) is 2.33. The first-order valence-electron chi connectivity index (χ1n) is 8.28. The van der Waals surface area contributed by atoms with Gasteiger partial charge in [0.2, 0.25) is 0 Å². The van der Waals surface area contributed by atoms with Crippen LogP contribution in [0, 0.1) is 25.5 Å². The third kappa shape index (κ3) is 4.88. The number of benzene rings is 2. The number of nitrogens with zero attached hydrogens (tertiary/aromatic N) is 2. The van der Waals surface area contributed by atoms with Gasteiger partial charge in [0, 0.05) is 19.7 Å². The Hall–Kier alpha value is -2.76. The molecule has 0 saturated heterocycles. The van der Waals surface area contributed by atoms with Crippen LogP contribution in [-0.2, 0) is 11.3 Å². The third-order valence-corrected chi connectivity index (χ3v) is 4.16. The standard InChI is InChI=1S/C20H22F2N2O2/c1-5-24(4)12-23-19-7-6-18(13(2)14(19)3)20(25)26-11-15-8-16(21)10-17(22)9-15/h6-10,12H,5,11H2,1-4H3/b23-12+. The predicted molar refractivity (Wildman–Crippen MR) is 97.8 cm³/mol. The van der Waals surface area contributed by atoms with E-state index in [0.717, 1.165) is 41.6 Å². The van der Waals surface area contributed by atoms with E-state index < -0.39 is 17.6 Å². The molecule has 26 heavy (non-hydrogen) atoms.